The quantitative estimate of drug-likeness (QED) is 0.464. The number of amides is 1. The second kappa shape index (κ2) is 10.6. The molecule has 2 aromatic carbocycles. The van der Waals surface area contributed by atoms with Crippen molar-refractivity contribution >= 4 is 29.3 Å². The minimum Gasteiger partial charge on any atom is -0.456 e. The summed E-state index contributed by atoms with van der Waals surface area (Å²) < 4.78 is 5.07. The Kier molecular flexibility index (Phi) is 8.20. The topological polar surface area (TPSA) is 63.7 Å². The molecule has 0 aliphatic rings. The average Bonchev–Trinajstić information content (AvgIpc) is 2.69. The van der Waals surface area contributed by atoms with E-state index in [1.54, 1.807) is 29.2 Å². The molecule has 0 N–H and O–H groups in total. The van der Waals surface area contributed by atoms with Gasteiger partial charge in [-0.2, -0.15) is 0 Å². The average molecular weight is 402 g/mol. The van der Waals surface area contributed by atoms with Gasteiger partial charge >= 0.3 is 5.97 Å². The molecular formula is C22H24ClNO4. The summed E-state index contributed by atoms with van der Waals surface area (Å²) in [4.78, 5) is 38.1. The largest absolute Gasteiger partial charge is 0.456 e. The first-order valence-corrected chi connectivity index (χ1v) is 9.52. The Labute approximate surface area is 170 Å². The summed E-state index contributed by atoms with van der Waals surface area (Å²) in [7, 11) is 0. The first-order valence-electron chi connectivity index (χ1n) is 9.14. The molecule has 0 atom stereocenters. The second-order valence-corrected chi connectivity index (χ2v) is 7.13. The molecule has 0 aliphatic carbocycles. The van der Waals surface area contributed by atoms with E-state index in [0.29, 0.717) is 17.1 Å². The molecule has 0 bridgehead atoms. The number of hydrogen-bond acceptors (Lipinski definition) is 4. The van der Waals surface area contributed by atoms with Crippen molar-refractivity contribution in [3.63, 3.8) is 0 Å². The van der Waals surface area contributed by atoms with Crippen molar-refractivity contribution < 1.29 is 19.1 Å². The van der Waals surface area contributed by atoms with Crippen molar-refractivity contribution in [1.29, 1.82) is 0 Å². The summed E-state index contributed by atoms with van der Waals surface area (Å²) in [6, 6.07) is 16.1. The van der Waals surface area contributed by atoms with Gasteiger partial charge < -0.3 is 9.64 Å². The molecule has 2 rings (SSSR count). The Bertz CT molecular complexity index is 803. The van der Waals surface area contributed by atoms with Crippen LogP contribution >= 0.6 is 11.6 Å². The highest BCUT2D eigenvalue weighted by Crippen LogP contribution is 2.12. The Morgan fingerprint density at radius 2 is 1.61 bits per heavy atom. The fraction of sp³-hybridized carbons (Fsp3) is 0.318. The van der Waals surface area contributed by atoms with Crippen LogP contribution in [0.15, 0.2) is 54.6 Å². The molecule has 0 saturated heterocycles. The van der Waals surface area contributed by atoms with Crippen molar-refractivity contribution in [3.05, 3.63) is 70.7 Å². The normalized spacial score (nSPS) is 10.6. The molecule has 0 fully saturated rings. The number of carbonyl (C=O) groups is 3. The first kappa shape index (κ1) is 21.6. The Morgan fingerprint density at radius 1 is 0.964 bits per heavy atom. The molecule has 6 heteroatoms. The summed E-state index contributed by atoms with van der Waals surface area (Å²) in [6.07, 6.45) is -0.0539. The van der Waals surface area contributed by atoms with E-state index in [0.717, 1.165) is 5.56 Å². The minimum atomic E-state index is -0.570. The van der Waals surface area contributed by atoms with Gasteiger partial charge in [0.05, 0.1) is 6.42 Å². The van der Waals surface area contributed by atoms with Gasteiger partial charge in [0.25, 0.3) is 5.91 Å². The maximum atomic E-state index is 12.5. The molecule has 2 aromatic rings. The van der Waals surface area contributed by atoms with Gasteiger partial charge in [-0.1, -0.05) is 41.9 Å². The van der Waals surface area contributed by atoms with E-state index in [1.165, 1.54) is 0 Å². The lowest BCUT2D eigenvalue weighted by Gasteiger charge is -2.26. The Hall–Kier alpha value is -2.66. The van der Waals surface area contributed by atoms with E-state index in [4.69, 9.17) is 16.3 Å². The van der Waals surface area contributed by atoms with Crippen molar-refractivity contribution in [2.75, 3.05) is 6.61 Å². The minimum absolute atomic E-state index is 0.0204. The zero-order chi connectivity index (χ0) is 20.5. The summed E-state index contributed by atoms with van der Waals surface area (Å²) in [5, 5.41) is 0.541. The van der Waals surface area contributed by atoms with Crippen LogP contribution in [0.5, 0.6) is 0 Å². The molecule has 0 aliphatic heterocycles. The van der Waals surface area contributed by atoms with Gasteiger partial charge in [0.15, 0.2) is 12.4 Å². The van der Waals surface area contributed by atoms with Crippen LogP contribution in [0.4, 0.5) is 0 Å². The highest BCUT2D eigenvalue weighted by atomic mass is 35.5. The van der Waals surface area contributed by atoms with Crippen molar-refractivity contribution in [3.8, 4) is 0 Å². The number of ether oxygens (including phenoxy) is 1. The molecule has 28 heavy (non-hydrogen) atoms. The highest BCUT2D eigenvalue weighted by Gasteiger charge is 2.19. The number of benzene rings is 2. The molecule has 0 radical (unpaired) electrons. The molecule has 0 heterocycles. The van der Waals surface area contributed by atoms with E-state index < -0.39 is 5.97 Å². The van der Waals surface area contributed by atoms with E-state index in [2.05, 4.69) is 0 Å². The number of hydrogen-bond donors (Lipinski definition) is 0. The third-order valence-electron chi connectivity index (χ3n) is 4.22. The lowest BCUT2D eigenvalue weighted by molar-refractivity contribution is -0.153. The summed E-state index contributed by atoms with van der Waals surface area (Å²) in [5.74, 6) is -1.01. The van der Waals surface area contributed by atoms with E-state index in [-0.39, 0.29) is 37.2 Å². The van der Waals surface area contributed by atoms with Crippen LogP contribution in [-0.2, 0) is 20.9 Å². The Morgan fingerprint density at radius 3 is 2.21 bits per heavy atom. The number of ketones is 1. The van der Waals surface area contributed by atoms with Gasteiger partial charge in [0.2, 0.25) is 0 Å². The number of rotatable bonds is 9. The van der Waals surface area contributed by atoms with Gasteiger partial charge in [-0.15, -0.1) is 0 Å². The van der Waals surface area contributed by atoms with Gasteiger partial charge in [-0.3, -0.25) is 14.4 Å². The van der Waals surface area contributed by atoms with E-state index >= 15 is 0 Å². The molecule has 0 saturated carbocycles. The smallest absolute Gasteiger partial charge is 0.306 e. The van der Waals surface area contributed by atoms with E-state index in [1.807, 2.05) is 44.2 Å². The SMILES string of the molecule is CC(C)N(Cc1ccccc1)C(=O)COC(=O)CCC(=O)c1ccc(Cl)cc1. The van der Waals surface area contributed by atoms with Crippen LogP contribution in [0.25, 0.3) is 0 Å². The monoisotopic (exact) mass is 401 g/mol. The summed E-state index contributed by atoms with van der Waals surface area (Å²) >= 11 is 5.79. The predicted molar refractivity (Wildman–Crippen MR) is 108 cm³/mol. The Balaban J connectivity index is 1.80. The van der Waals surface area contributed by atoms with Gasteiger partial charge in [-0.25, -0.2) is 0 Å². The number of nitrogens with zero attached hydrogens (tertiary/aromatic N) is 1. The molecule has 5 nitrogen and oxygen atoms in total. The summed E-state index contributed by atoms with van der Waals surface area (Å²) in [5.41, 5.74) is 1.49. The molecule has 0 spiro atoms. The van der Waals surface area contributed by atoms with Gasteiger partial charge in [-0.05, 0) is 43.7 Å². The van der Waals surface area contributed by atoms with Crippen molar-refractivity contribution in [2.45, 2.75) is 39.3 Å². The van der Waals surface area contributed by atoms with Gasteiger partial charge in [0.1, 0.15) is 0 Å². The van der Waals surface area contributed by atoms with Crippen molar-refractivity contribution in [1.82, 2.24) is 4.90 Å². The third kappa shape index (κ3) is 6.82. The zero-order valence-corrected chi connectivity index (χ0v) is 16.8. The maximum Gasteiger partial charge on any atom is 0.306 e. The van der Waals surface area contributed by atoms with Crippen LogP contribution < -0.4 is 0 Å². The van der Waals surface area contributed by atoms with Crippen LogP contribution in [0.2, 0.25) is 5.02 Å². The van der Waals surface area contributed by atoms with Crippen LogP contribution in [0.3, 0.4) is 0 Å². The number of carbonyl (C=O) groups excluding carboxylic acids is 3. The standard InChI is InChI=1S/C22H24ClNO4/c1-16(2)24(14-17-6-4-3-5-7-17)21(26)15-28-22(27)13-12-20(25)18-8-10-19(23)11-9-18/h3-11,16H,12-15H2,1-2H3. The van der Waals surface area contributed by atoms with Crippen LogP contribution in [0.1, 0.15) is 42.6 Å². The summed E-state index contributed by atoms with van der Waals surface area (Å²) in [6.45, 7) is 3.93. The third-order valence-corrected chi connectivity index (χ3v) is 4.47. The fourth-order valence-corrected chi connectivity index (χ4v) is 2.76. The second-order valence-electron chi connectivity index (χ2n) is 6.69. The molecular weight excluding hydrogens is 378 g/mol. The maximum absolute atomic E-state index is 12.5. The molecule has 148 valence electrons. The van der Waals surface area contributed by atoms with E-state index in [9.17, 15) is 14.4 Å². The number of Topliss-reactive ketones (excluding diaryl/α,β-unsaturated/α-hetero) is 1. The highest BCUT2D eigenvalue weighted by molar-refractivity contribution is 6.30. The fourth-order valence-electron chi connectivity index (χ4n) is 2.63. The van der Waals surface area contributed by atoms with Crippen LogP contribution in [-0.4, -0.2) is 35.2 Å². The lowest BCUT2D eigenvalue weighted by Crippen LogP contribution is -2.39. The van der Waals surface area contributed by atoms with Gasteiger partial charge in [0, 0.05) is 29.6 Å². The molecule has 0 unspecified atom stereocenters. The first-order chi connectivity index (χ1) is 13.4. The lowest BCUT2D eigenvalue weighted by atomic mass is 10.1. The molecule has 0 aromatic heterocycles. The zero-order valence-electron chi connectivity index (χ0n) is 16.1. The van der Waals surface area contributed by atoms with Crippen LogP contribution in [0, 0.1) is 0 Å². The molecule has 1 amide bonds. The predicted octanol–water partition coefficient (Wildman–Crippen LogP) is 4.28. The number of esters is 1. The number of halogens is 1. The van der Waals surface area contributed by atoms with Crippen molar-refractivity contribution in [2.24, 2.45) is 0 Å².